The summed E-state index contributed by atoms with van der Waals surface area (Å²) in [6.45, 7) is 4.86. The van der Waals surface area contributed by atoms with Crippen LogP contribution < -0.4 is 20.9 Å². The van der Waals surface area contributed by atoms with E-state index in [-0.39, 0.29) is 33.5 Å². The van der Waals surface area contributed by atoms with Crippen molar-refractivity contribution in [3.8, 4) is 5.75 Å². The third kappa shape index (κ3) is 4.38. The van der Waals surface area contributed by atoms with E-state index in [4.69, 9.17) is 4.42 Å². The van der Waals surface area contributed by atoms with Crippen molar-refractivity contribution in [1.29, 1.82) is 0 Å². The Bertz CT molecular complexity index is 1810. The number of rotatable bonds is 6. The molecule has 200 valence electrons. The molecule has 11 nitrogen and oxygen atoms in total. The SMILES string of the molecule is CC(C)CNn1c(=O)c(C2=NS(O)(O)c3c(ccc4oc(C[n+]5ccccc5)nc34)N2)c(O)c2ccccc21. The Hall–Kier alpha value is -4.39. The van der Waals surface area contributed by atoms with Gasteiger partial charge in [-0.05, 0) is 30.2 Å². The molecule has 0 unspecified atom stereocenters. The van der Waals surface area contributed by atoms with Crippen LogP contribution >= 0.6 is 10.8 Å². The van der Waals surface area contributed by atoms with Gasteiger partial charge >= 0.3 is 0 Å². The predicted molar refractivity (Wildman–Crippen MR) is 150 cm³/mol. The van der Waals surface area contributed by atoms with Crippen LogP contribution in [0.1, 0.15) is 25.3 Å². The average molecular weight is 548 g/mol. The first-order valence-electron chi connectivity index (χ1n) is 12.4. The van der Waals surface area contributed by atoms with Crippen LogP contribution in [0.25, 0.3) is 22.0 Å². The number of aromatic nitrogens is 3. The second kappa shape index (κ2) is 9.42. The molecule has 0 saturated heterocycles. The Balaban J connectivity index is 1.47. The minimum absolute atomic E-state index is 0.0651. The third-order valence-corrected chi connectivity index (χ3v) is 7.75. The number of fused-ring (bicyclic) bond motifs is 4. The molecule has 5 N–H and O–H groups in total. The Labute approximate surface area is 224 Å². The molecule has 0 saturated carbocycles. The molecule has 0 radical (unpaired) electrons. The number of benzene rings is 2. The van der Waals surface area contributed by atoms with Gasteiger partial charge in [-0.1, -0.05) is 42.8 Å². The fourth-order valence-corrected chi connectivity index (χ4v) is 5.86. The maximum Gasteiger partial charge on any atom is 0.284 e. The van der Waals surface area contributed by atoms with Crippen molar-refractivity contribution < 1.29 is 23.2 Å². The van der Waals surface area contributed by atoms with E-state index >= 15 is 0 Å². The summed E-state index contributed by atoms with van der Waals surface area (Å²) in [6.07, 6.45) is 3.74. The van der Waals surface area contributed by atoms with E-state index in [1.165, 1.54) is 4.68 Å². The number of pyridine rings is 2. The van der Waals surface area contributed by atoms with E-state index in [9.17, 15) is 19.0 Å². The summed E-state index contributed by atoms with van der Waals surface area (Å²) >= 11 is 0. The minimum atomic E-state index is -3.83. The Morgan fingerprint density at radius 3 is 2.64 bits per heavy atom. The molecule has 6 rings (SSSR count). The van der Waals surface area contributed by atoms with Crippen LogP contribution in [-0.2, 0) is 6.54 Å². The highest BCUT2D eigenvalue weighted by atomic mass is 32.3. The van der Waals surface area contributed by atoms with Gasteiger partial charge in [0, 0.05) is 24.1 Å². The molecule has 0 bridgehead atoms. The molecule has 39 heavy (non-hydrogen) atoms. The van der Waals surface area contributed by atoms with E-state index in [1.807, 2.05) is 49.0 Å². The number of aromatic hydroxyl groups is 1. The molecule has 0 amide bonds. The zero-order chi connectivity index (χ0) is 27.3. The molecule has 12 heteroatoms. The summed E-state index contributed by atoms with van der Waals surface area (Å²) in [4.78, 5) is 18.3. The Morgan fingerprint density at radius 2 is 1.87 bits per heavy atom. The zero-order valence-corrected chi connectivity index (χ0v) is 22.0. The van der Waals surface area contributed by atoms with Crippen molar-refractivity contribution in [2.24, 2.45) is 10.3 Å². The summed E-state index contributed by atoms with van der Waals surface area (Å²) in [7, 11) is -3.83. The van der Waals surface area contributed by atoms with Gasteiger partial charge in [-0.15, -0.1) is 4.40 Å². The van der Waals surface area contributed by atoms with Crippen LogP contribution in [0.15, 0.2) is 85.5 Å². The molecular weight excluding hydrogens is 520 g/mol. The van der Waals surface area contributed by atoms with Gasteiger partial charge in [-0.2, -0.15) is 4.57 Å². The summed E-state index contributed by atoms with van der Waals surface area (Å²) in [5, 5.41) is 14.6. The smallest absolute Gasteiger partial charge is 0.284 e. The number of hydrogen-bond donors (Lipinski definition) is 5. The molecule has 0 atom stereocenters. The average Bonchev–Trinajstić information content (AvgIpc) is 3.30. The molecule has 1 aliphatic heterocycles. The number of anilines is 1. The van der Waals surface area contributed by atoms with Gasteiger partial charge in [0.05, 0.1) is 11.2 Å². The zero-order valence-electron chi connectivity index (χ0n) is 21.2. The van der Waals surface area contributed by atoms with Crippen molar-refractivity contribution >= 4 is 44.3 Å². The van der Waals surface area contributed by atoms with Gasteiger partial charge in [0.25, 0.3) is 11.4 Å². The van der Waals surface area contributed by atoms with E-state index in [1.54, 1.807) is 36.4 Å². The lowest BCUT2D eigenvalue weighted by molar-refractivity contribution is -0.690. The number of oxazole rings is 1. The molecule has 5 aromatic rings. The van der Waals surface area contributed by atoms with E-state index in [2.05, 4.69) is 20.1 Å². The van der Waals surface area contributed by atoms with E-state index in [0.29, 0.717) is 41.2 Å². The third-order valence-electron chi connectivity index (χ3n) is 6.35. The second-order valence-electron chi connectivity index (χ2n) is 9.67. The van der Waals surface area contributed by atoms with Crippen LogP contribution in [0.4, 0.5) is 5.69 Å². The first-order chi connectivity index (χ1) is 18.7. The van der Waals surface area contributed by atoms with Gasteiger partial charge in [-0.25, -0.2) is 9.66 Å². The highest BCUT2D eigenvalue weighted by Gasteiger charge is 2.34. The number of nitrogens with zero attached hydrogens (tertiary/aromatic N) is 4. The largest absolute Gasteiger partial charge is 0.506 e. The summed E-state index contributed by atoms with van der Waals surface area (Å²) in [5.74, 6) is 0.157. The molecule has 0 spiro atoms. The first kappa shape index (κ1) is 24.9. The van der Waals surface area contributed by atoms with Gasteiger partial charge in [0.15, 0.2) is 23.8 Å². The maximum absolute atomic E-state index is 13.7. The van der Waals surface area contributed by atoms with Gasteiger partial charge in [-0.3, -0.25) is 13.9 Å². The lowest BCUT2D eigenvalue weighted by atomic mass is 10.1. The van der Waals surface area contributed by atoms with Crippen molar-refractivity contribution in [2.75, 3.05) is 17.3 Å². The van der Waals surface area contributed by atoms with Crippen LogP contribution in [-0.4, -0.2) is 36.3 Å². The molecule has 0 fully saturated rings. The minimum Gasteiger partial charge on any atom is -0.506 e. The highest BCUT2D eigenvalue weighted by Crippen LogP contribution is 2.58. The van der Waals surface area contributed by atoms with Crippen LogP contribution in [0.2, 0.25) is 0 Å². The predicted octanol–water partition coefficient (Wildman–Crippen LogP) is 4.28. The molecule has 2 aromatic carbocycles. The maximum atomic E-state index is 13.7. The monoisotopic (exact) mass is 547 g/mol. The first-order valence-corrected chi connectivity index (χ1v) is 13.9. The summed E-state index contributed by atoms with van der Waals surface area (Å²) in [6, 6.07) is 15.9. The summed E-state index contributed by atoms with van der Waals surface area (Å²) in [5.41, 5.74) is 3.76. The van der Waals surface area contributed by atoms with Crippen molar-refractivity contribution in [2.45, 2.75) is 25.3 Å². The number of para-hydroxylation sites is 1. The fourth-order valence-electron chi connectivity index (χ4n) is 4.56. The summed E-state index contributed by atoms with van der Waals surface area (Å²) < 4.78 is 35.7. The van der Waals surface area contributed by atoms with Gasteiger partial charge < -0.3 is 20.3 Å². The highest BCUT2D eigenvalue weighted by molar-refractivity contribution is 8.23. The van der Waals surface area contributed by atoms with Crippen LogP contribution in [0.3, 0.4) is 0 Å². The van der Waals surface area contributed by atoms with Crippen LogP contribution in [0, 0.1) is 5.92 Å². The van der Waals surface area contributed by atoms with E-state index in [0.717, 1.165) is 0 Å². The number of nitrogens with one attached hydrogen (secondary N) is 2. The Kier molecular flexibility index (Phi) is 6.02. The Morgan fingerprint density at radius 1 is 1.10 bits per heavy atom. The van der Waals surface area contributed by atoms with Gasteiger partial charge in [0.1, 0.15) is 21.7 Å². The standard InChI is InChI=1S/C27H26N6O5S/c1-16(2)14-28-33-19-9-5-4-8-17(19)24(34)22(27(33)35)26-29-18-10-11-20-23(25(18)39(36,37)31-26)30-21(38-20)15-32-12-6-3-7-13-32/h3-13,16,28H,14-15H2,1-2H3,(H3-,29,31,34,36,37)/p+1. The van der Waals surface area contributed by atoms with Crippen molar-refractivity contribution in [3.63, 3.8) is 0 Å². The van der Waals surface area contributed by atoms with Crippen molar-refractivity contribution in [1.82, 2.24) is 9.66 Å². The van der Waals surface area contributed by atoms with Crippen LogP contribution in [0.5, 0.6) is 5.75 Å². The number of amidine groups is 1. The molecule has 1 aliphatic rings. The molecule has 3 aromatic heterocycles. The van der Waals surface area contributed by atoms with Gasteiger partial charge in [0.2, 0.25) is 6.54 Å². The second-order valence-corrected chi connectivity index (χ2v) is 11.3. The normalized spacial score (nSPS) is 15.2. The van der Waals surface area contributed by atoms with Crippen molar-refractivity contribution in [3.05, 3.63) is 88.8 Å². The quantitative estimate of drug-likeness (QED) is 0.198. The lowest BCUT2D eigenvalue weighted by Crippen LogP contribution is -2.37. The van der Waals surface area contributed by atoms with E-state index < -0.39 is 16.3 Å². The lowest BCUT2D eigenvalue weighted by Gasteiger charge is -2.34. The number of hydrogen-bond acceptors (Lipinski definition) is 9. The topological polar surface area (TPSA) is 149 Å². The molecular formula is C27H27N6O5S+. The fraction of sp³-hybridized carbons (Fsp3) is 0.185. The molecule has 4 heterocycles. The molecule has 0 aliphatic carbocycles.